The quantitative estimate of drug-likeness (QED) is 0.469. The second kappa shape index (κ2) is 13.9. The maximum atomic E-state index is 12.8. The average molecular weight is 477 g/mol. The number of amides is 1. The van der Waals surface area contributed by atoms with Gasteiger partial charge in [0.05, 0.1) is 6.04 Å². The highest BCUT2D eigenvalue weighted by atomic mass is 16.6. The van der Waals surface area contributed by atoms with Crippen LogP contribution in [0.3, 0.4) is 0 Å². The summed E-state index contributed by atoms with van der Waals surface area (Å²) in [5.41, 5.74) is 0.750. The summed E-state index contributed by atoms with van der Waals surface area (Å²) < 4.78 is 16.7. The molecule has 192 valence electrons. The van der Waals surface area contributed by atoms with Crippen LogP contribution < -0.4 is 14.8 Å². The fraction of sp³-hybridized carbons (Fsp3) is 0.741. The van der Waals surface area contributed by atoms with Crippen LogP contribution in [0.1, 0.15) is 76.9 Å². The summed E-state index contributed by atoms with van der Waals surface area (Å²) in [4.78, 5) is 15.1. The van der Waals surface area contributed by atoms with Gasteiger partial charge in [-0.25, -0.2) is 0 Å². The van der Waals surface area contributed by atoms with Gasteiger partial charge < -0.3 is 29.5 Å². The number of aliphatic hydroxyl groups is 1. The first kappa shape index (κ1) is 26.8. The van der Waals surface area contributed by atoms with Crippen molar-refractivity contribution in [1.29, 1.82) is 0 Å². The zero-order chi connectivity index (χ0) is 22.9. The van der Waals surface area contributed by atoms with Crippen molar-refractivity contribution in [1.82, 2.24) is 10.2 Å². The van der Waals surface area contributed by atoms with Crippen molar-refractivity contribution in [3.05, 3.63) is 23.8 Å². The summed E-state index contributed by atoms with van der Waals surface area (Å²) >= 11 is 0. The van der Waals surface area contributed by atoms with Crippen molar-refractivity contribution in [2.75, 3.05) is 46.1 Å². The Morgan fingerprint density at radius 3 is 2.53 bits per heavy atom. The first-order chi connectivity index (χ1) is 16.2. The number of nitrogens with zero attached hydrogens (tertiary/aromatic N) is 1. The molecule has 0 aliphatic carbocycles. The van der Waals surface area contributed by atoms with E-state index in [1.807, 2.05) is 18.2 Å². The predicted octanol–water partition coefficient (Wildman–Crippen LogP) is 4.09. The third-order valence-electron chi connectivity index (χ3n) is 7.15. The van der Waals surface area contributed by atoms with Gasteiger partial charge >= 0.3 is 0 Å². The number of benzene rings is 1. The van der Waals surface area contributed by atoms with E-state index in [2.05, 4.69) is 10.2 Å². The van der Waals surface area contributed by atoms with Crippen molar-refractivity contribution >= 4 is 5.91 Å². The fourth-order valence-electron chi connectivity index (χ4n) is 5.15. The number of nitrogens with one attached hydrogen (secondary N) is 1. The van der Waals surface area contributed by atoms with E-state index in [4.69, 9.17) is 14.2 Å². The highest BCUT2D eigenvalue weighted by Crippen LogP contribution is 2.33. The molecule has 0 radical (unpaired) electrons. The Labute approximate surface area is 205 Å². The summed E-state index contributed by atoms with van der Waals surface area (Å²) in [7, 11) is 0. The number of likely N-dealkylation sites (tertiary alicyclic amines) is 1. The van der Waals surface area contributed by atoms with Crippen LogP contribution in [0.5, 0.6) is 11.5 Å². The number of fused-ring (bicyclic) bond motifs is 1. The molecule has 0 bridgehead atoms. The Morgan fingerprint density at radius 1 is 1.03 bits per heavy atom. The number of ether oxygens (including phenoxy) is 3. The molecule has 1 aromatic rings. The molecule has 0 spiro atoms. The van der Waals surface area contributed by atoms with Gasteiger partial charge in [0, 0.05) is 26.2 Å². The van der Waals surface area contributed by atoms with E-state index >= 15 is 0 Å². The van der Waals surface area contributed by atoms with Gasteiger partial charge in [-0.15, -0.1) is 0 Å². The molecule has 0 aromatic heterocycles. The Balaban J connectivity index is 0.00000324. The second-order valence-electron chi connectivity index (χ2n) is 9.68. The number of unbranched alkanes of at least 4 members (excludes halogenated alkanes) is 2. The van der Waals surface area contributed by atoms with Crippen LogP contribution in [-0.4, -0.2) is 68.0 Å². The normalized spacial score (nSPS) is 20.4. The molecular formula is C27H44N2O5. The second-order valence-corrected chi connectivity index (χ2v) is 9.68. The molecule has 34 heavy (non-hydrogen) atoms. The minimum atomic E-state index is -0.793. The molecule has 7 heteroatoms. The van der Waals surface area contributed by atoms with Crippen LogP contribution in [-0.2, 0) is 9.53 Å². The molecule has 2 fully saturated rings. The van der Waals surface area contributed by atoms with E-state index in [-0.39, 0.29) is 19.4 Å². The predicted molar refractivity (Wildman–Crippen MR) is 133 cm³/mol. The van der Waals surface area contributed by atoms with Crippen LogP contribution >= 0.6 is 0 Å². The SMILES string of the molecule is C.O=C(CCCCCC1CCOCC1)N[C@H](CN1CCCC1)[C@H](O)c1ccc2c(c1)OCCO2. The average Bonchev–Trinajstić information content (AvgIpc) is 3.36. The highest BCUT2D eigenvalue weighted by molar-refractivity contribution is 5.76. The van der Waals surface area contributed by atoms with Crippen molar-refractivity contribution < 1.29 is 24.1 Å². The lowest BCUT2D eigenvalue weighted by Gasteiger charge is -2.29. The summed E-state index contributed by atoms with van der Waals surface area (Å²) in [5.74, 6) is 2.19. The van der Waals surface area contributed by atoms with E-state index in [0.29, 0.717) is 37.7 Å². The number of rotatable bonds is 11. The van der Waals surface area contributed by atoms with Crippen molar-refractivity contribution in [2.45, 2.75) is 77.4 Å². The van der Waals surface area contributed by atoms with Crippen LogP contribution in [0.15, 0.2) is 18.2 Å². The van der Waals surface area contributed by atoms with Crippen molar-refractivity contribution in [3.63, 3.8) is 0 Å². The van der Waals surface area contributed by atoms with E-state index in [1.165, 1.54) is 38.5 Å². The Morgan fingerprint density at radius 2 is 1.76 bits per heavy atom. The molecule has 1 amide bonds. The standard InChI is InChI=1S/C26H40N2O5.CH4/c29-25(7-3-1-2-6-20-10-14-31-15-11-20)27-22(19-28-12-4-5-13-28)26(30)21-8-9-23-24(18-21)33-17-16-32-23;/h8-9,18,20,22,26,30H,1-7,10-17,19H2,(H,27,29);1H4/t22-,26-;/m1./s1. The summed E-state index contributed by atoms with van der Waals surface area (Å²) in [6.45, 7) is 5.55. The summed E-state index contributed by atoms with van der Waals surface area (Å²) in [6, 6.07) is 5.22. The topological polar surface area (TPSA) is 80.3 Å². The van der Waals surface area contributed by atoms with Gasteiger partial charge in [-0.3, -0.25) is 4.79 Å². The number of carbonyl (C=O) groups is 1. The Bertz CT molecular complexity index is 747. The molecule has 3 heterocycles. The number of hydrogen-bond acceptors (Lipinski definition) is 6. The largest absolute Gasteiger partial charge is 0.486 e. The van der Waals surface area contributed by atoms with E-state index in [1.54, 1.807) is 0 Å². The molecule has 2 N–H and O–H groups in total. The molecule has 3 aliphatic rings. The van der Waals surface area contributed by atoms with E-state index < -0.39 is 6.10 Å². The molecule has 2 saturated heterocycles. The van der Waals surface area contributed by atoms with Gasteiger partial charge in [0.1, 0.15) is 19.3 Å². The number of carbonyl (C=O) groups excluding carboxylic acids is 1. The monoisotopic (exact) mass is 476 g/mol. The number of aliphatic hydroxyl groups excluding tert-OH is 1. The first-order valence-corrected chi connectivity index (χ1v) is 12.9. The van der Waals surface area contributed by atoms with Crippen molar-refractivity contribution in [3.8, 4) is 11.5 Å². The third kappa shape index (κ3) is 7.85. The maximum Gasteiger partial charge on any atom is 0.220 e. The smallest absolute Gasteiger partial charge is 0.220 e. The fourth-order valence-corrected chi connectivity index (χ4v) is 5.15. The molecule has 1 aromatic carbocycles. The van der Waals surface area contributed by atoms with E-state index in [9.17, 15) is 9.90 Å². The van der Waals surface area contributed by atoms with Gasteiger partial charge in [-0.2, -0.15) is 0 Å². The molecule has 0 unspecified atom stereocenters. The zero-order valence-electron chi connectivity index (χ0n) is 19.8. The Hall–Kier alpha value is -1.83. The molecule has 2 atom stereocenters. The molecule has 4 rings (SSSR count). The minimum Gasteiger partial charge on any atom is -0.486 e. The molecular weight excluding hydrogens is 432 g/mol. The maximum absolute atomic E-state index is 12.8. The zero-order valence-corrected chi connectivity index (χ0v) is 19.8. The lowest BCUT2D eigenvalue weighted by atomic mass is 9.93. The lowest BCUT2D eigenvalue weighted by Crippen LogP contribution is -2.46. The minimum absolute atomic E-state index is 0. The first-order valence-electron chi connectivity index (χ1n) is 12.9. The summed E-state index contributed by atoms with van der Waals surface area (Å²) in [5, 5.41) is 14.3. The third-order valence-corrected chi connectivity index (χ3v) is 7.15. The number of hydrogen-bond donors (Lipinski definition) is 2. The van der Waals surface area contributed by atoms with E-state index in [0.717, 1.165) is 50.6 Å². The van der Waals surface area contributed by atoms with Crippen molar-refractivity contribution in [2.24, 2.45) is 5.92 Å². The van der Waals surface area contributed by atoms with Gasteiger partial charge in [0.15, 0.2) is 11.5 Å². The van der Waals surface area contributed by atoms with Crippen LogP contribution in [0.2, 0.25) is 0 Å². The van der Waals surface area contributed by atoms with Gasteiger partial charge in [-0.05, 0) is 68.8 Å². The molecule has 0 saturated carbocycles. The highest BCUT2D eigenvalue weighted by Gasteiger charge is 2.27. The van der Waals surface area contributed by atoms with Crippen LogP contribution in [0.25, 0.3) is 0 Å². The van der Waals surface area contributed by atoms with Crippen LogP contribution in [0.4, 0.5) is 0 Å². The summed E-state index contributed by atoms with van der Waals surface area (Å²) in [6.07, 6.45) is 8.81. The van der Waals surface area contributed by atoms with Gasteiger partial charge in [0.25, 0.3) is 0 Å². The molecule has 7 nitrogen and oxygen atoms in total. The van der Waals surface area contributed by atoms with Gasteiger partial charge in [-0.1, -0.05) is 32.8 Å². The molecule has 3 aliphatic heterocycles. The Kier molecular flexibility index (Phi) is 10.9. The lowest BCUT2D eigenvalue weighted by molar-refractivity contribution is -0.123. The van der Waals surface area contributed by atoms with Gasteiger partial charge in [0.2, 0.25) is 5.91 Å². The van der Waals surface area contributed by atoms with Crippen LogP contribution in [0, 0.1) is 5.92 Å².